The van der Waals surface area contributed by atoms with Gasteiger partial charge in [-0.3, -0.25) is 14.4 Å². The van der Waals surface area contributed by atoms with Gasteiger partial charge in [0.05, 0.1) is 48.7 Å². The molecule has 298 valence electrons. The largest absolute Gasteiger partial charge is 0.453 e. The van der Waals surface area contributed by atoms with Crippen LogP contribution < -0.4 is 5.32 Å². The van der Waals surface area contributed by atoms with Crippen molar-refractivity contribution in [1.29, 1.82) is 0 Å². The van der Waals surface area contributed by atoms with E-state index in [0.717, 1.165) is 46.3 Å². The minimum Gasteiger partial charge on any atom is -0.453 e. The lowest BCUT2D eigenvalue weighted by atomic mass is 9.96. The molecule has 0 radical (unpaired) electrons. The highest BCUT2D eigenvalue weighted by atomic mass is 32.1. The fourth-order valence-electron chi connectivity index (χ4n) is 6.70. The van der Waals surface area contributed by atoms with E-state index in [1.807, 2.05) is 77.1 Å². The number of nitrogens with one attached hydrogen (secondary N) is 3. The molecule has 0 spiro atoms. The Labute approximate surface area is 350 Å². The van der Waals surface area contributed by atoms with Gasteiger partial charge in [0.1, 0.15) is 17.7 Å². The van der Waals surface area contributed by atoms with Crippen LogP contribution >= 0.6 is 54.0 Å². The molecule has 4 aromatic rings. The number of carbonyl (C=O) groups is 4. The number of aromatic nitrogens is 4. The molecule has 0 saturated carbocycles. The normalized spacial score (nSPS) is 17.3. The van der Waals surface area contributed by atoms with Crippen LogP contribution in [0.2, 0.25) is 0 Å². The molecule has 2 aromatic carbocycles. The molecule has 3 N–H and O–H groups in total. The Kier molecular flexibility index (Phi) is 17.3. The summed E-state index contributed by atoms with van der Waals surface area (Å²) in [7, 11) is 1.28. The number of ether oxygens (including phenoxy) is 1. The molecule has 2 fully saturated rings. The summed E-state index contributed by atoms with van der Waals surface area (Å²) in [5.41, 5.74) is 4.97. The summed E-state index contributed by atoms with van der Waals surface area (Å²) in [4.78, 5) is 70.5. The molecule has 0 unspecified atom stereocenters. The van der Waals surface area contributed by atoms with Crippen LogP contribution in [0.25, 0.3) is 22.3 Å². The fourth-order valence-corrected chi connectivity index (χ4v) is 6.70. The smallest absolute Gasteiger partial charge is 0.407 e. The number of H-pyrrole nitrogens is 2. The molecule has 2 saturated heterocycles. The van der Waals surface area contributed by atoms with Crippen LogP contribution in [0.15, 0.2) is 48.7 Å². The van der Waals surface area contributed by atoms with Crippen molar-refractivity contribution in [3.63, 3.8) is 0 Å². The van der Waals surface area contributed by atoms with Crippen molar-refractivity contribution in [3.8, 4) is 23.1 Å². The van der Waals surface area contributed by atoms with Crippen molar-refractivity contribution >= 4 is 88.7 Å². The number of hydrogen-bond acceptors (Lipinski definition) is 7. The van der Waals surface area contributed by atoms with Crippen LogP contribution in [0.3, 0.4) is 0 Å². The third-order valence-corrected chi connectivity index (χ3v) is 10.0. The number of benzene rings is 2. The lowest BCUT2D eigenvalue weighted by Crippen LogP contribution is -2.51. The summed E-state index contributed by atoms with van der Waals surface area (Å²) in [6, 6.07) is 12.3. The monoisotopic (exact) mass is 827 g/mol. The molecular formula is C39H53N7O5S4. The molecular weight excluding hydrogens is 775 g/mol. The van der Waals surface area contributed by atoms with E-state index in [0.29, 0.717) is 18.2 Å². The first-order chi connectivity index (χ1) is 24.4. The predicted octanol–water partition coefficient (Wildman–Crippen LogP) is 5.98. The average molecular weight is 828 g/mol. The van der Waals surface area contributed by atoms with Crippen LogP contribution in [0.5, 0.6) is 0 Å². The topological polar surface area (TPSA) is 153 Å². The molecule has 16 heteroatoms. The van der Waals surface area contributed by atoms with Gasteiger partial charge >= 0.3 is 6.09 Å². The zero-order valence-electron chi connectivity index (χ0n) is 31.9. The third-order valence-electron chi connectivity index (χ3n) is 10.0. The lowest BCUT2D eigenvalue weighted by molar-refractivity contribution is -0.138. The maximum absolute atomic E-state index is 13.5. The van der Waals surface area contributed by atoms with Gasteiger partial charge in [0, 0.05) is 30.0 Å². The van der Waals surface area contributed by atoms with Crippen LogP contribution in [0.1, 0.15) is 88.7 Å². The molecule has 0 bridgehead atoms. The SMILES string of the molecule is COC(=O)N[C@H](C(=O)N1CCC[C@H]1c1ncc(-c2ccc(C#Cc3ccc4nc([C@@H]5CC(=O)CN5C(=O)[C@@H](C)C(C)C)[nH]c4c3)cc2)[nH]1)C(C)C.S.S.S.S. The highest BCUT2D eigenvalue weighted by Gasteiger charge is 2.39. The number of amides is 3. The Morgan fingerprint density at radius 2 is 1.53 bits per heavy atom. The zero-order valence-corrected chi connectivity index (χ0v) is 35.9. The van der Waals surface area contributed by atoms with Crippen molar-refractivity contribution in [2.45, 2.75) is 72.0 Å². The van der Waals surface area contributed by atoms with E-state index in [1.165, 1.54) is 7.11 Å². The number of Topliss-reactive ketones (excluding diaryl/α,β-unsaturated/α-hetero) is 1. The van der Waals surface area contributed by atoms with E-state index in [-0.39, 0.29) is 108 Å². The molecule has 2 aromatic heterocycles. The Balaban J connectivity index is 0.00000261. The fraction of sp³-hybridized carbons (Fsp3) is 0.436. The predicted molar refractivity (Wildman–Crippen MR) is 234 cm³/mol. The number of ketones is 1. The highest BCUT2D eigenvalue weighted by Crippen LogP contribution is 2.34. The number of rotatable bonds is 8. The quantitative estimate of drug-likeness (QED) is 0.185. The average Bonchev–Trinajstić information content (AvgIpc) is 3.94. The van der Waals surface area contributed by atoms with E-state index < -0.39 is 18.2 Å². The Bertz CT molecular complexity index is 2020. The Morgan fingerprint density at radius 3 is 2.18 bits per heavy atom. The van der Waals surface area contributed by atoms with Gasteiger partial charge in [0.15, 0.2) is 5.78 Å². The maximum atomic E-state index is 13.5. The van der Waals surface area contributed by atoms with Crippen molar-refractivity contribution in [2.75, 3.05) is 20.2 Å². The number of aromatic amines is 2. The van der Waals surface area contributed by atoms with Crippen molar-refractivity contribution < 1.29 is 23.9 Å². The van der Waals surface area contributed by atoms with E-state index in [2.05, 4.69) is 32.1 Å². The number of fused-ring (bicyclic) bond motifs is 1. The summed E-state index contributed by atoms with van der Waals surface area (Å²) < 4.78 is 4.74. The molecule has 2 aliphatic heterocycles. The summed E-state index contributed by atoms with van der Waals surface area (Å²) in [5.74, 6) is 7.54. The van der Waals surface area contributed by atoms with Crippen molar-refractivity contribution in [2.24, 2.45) is 17.8 Å². The van der Waals surface area contributed by atoms with E-state index in [1.54, 1.807) is 16.0 Å². The van der Waals surface area contributed by atoms with Gasteiger partial charge in [0.25, 0.3) is 0 Å². The molecule has 4 atom stereocenters. The van der Waals surface area contributed by atoms with Gasteiger partial charge in [-0.05, 0) is 60.6 Å². The van der Waals surface area contributed by atoms with Crippen molar-refractivity contribution in [3.05, 3.63) is 71.4 Å². The first kappa shape index (κ1) is 47.1. The van der Waals surface area contributed by atoms with E-state index in [9.17, 15) is 19.2 Å². The summed E-state index contributed by atoms with van der Waals surface area (Å²) in [5, 5.41) is 2.68. The van der Waals surface area contributed by atoms with Gasteiger partial charge in [0.2, 0.25) is 11.8 Å². The van der Waals surface area contributed by atoms with Gasteiger partial charge in [-0.2, -0.15) is 54.0 Å². The third kappa shape index (κ3) is 10.4. The molecule has 6 rings (SSSR count). The first-order valence-corrected chi connectivity index (χ1v) is 17.6. The standard InChI is InChI=1S/C39H45N7O5.4H2S/c1-22(2)24(5)37(48)46-21-28(47)19-33(46)36-41-29-16-13-26(18-30(29)42-36)10-9-25-11-14-27(15-12-25)31-20-40-35(43-31)32-8-7-17-45(32)38(49)34(23(3)4)44-39(50)51-6;;;;/h11-16,18,20,22-24,32-34H,7-8,17,19,21H2,1-6H3,(H,40,43)(H,41,42)(H,44,50);4*1H2/t24-,32-,33-,34-;;;;/m0..../s1. The summed E-state index contributed by atoms with van der Waals surface area (Å²) >= 11 is 0. The second-order valence-corrected chi connectivity index (χ2v) is 14.2. The number of likely N-dealkylation sites (tertiary alicyclic amines) is 2. The Morgan fingerprint density at radius 1 is 0.855 bits per heavy atom. The van der Waals surface area contributed by atoms with Crippen LogP contribution in [0, 0.1) is 29.6 Å². The van der Waals surface area contributed by atoms with E-state index >= 15 is 0 Å². The van der Waals surface area contributed by atoms with Crippen LogP contribution in [-0.2, 0) is 19.1 Å². The second kappa shape index (κ2) is 20.2. The zero-order chi connectivity index (χ0) is 36.4. The van der Waals surface area contributed by atoms with Crippen molar-refractivity contribution in [1.82, 2.24) is 35.1 Å². The summed E-state index contributed by atoms with van der Waals surface area (Å²) in [6.07, 6.45) is 3.02. The van der Waals surface area contributed by atoms with Gasteiger partial charge in [-0.15, -0.1) is 0 Å². The number of alkyl carbamates (subject to hydrolysis) is 1. The first-order valence-electron chi connectivity index (χ1n) is 17.6. The number of nitrogens with zero attached hydrogens (tertiary/aromatic N) is 4. The molecule has 2 aliphatic rings. The number of imidazole rings is 2. The van der Waals surface area contributed by atoms with Gasteiger partial charge < -0.3 is 29.8 Å². The maximum Gasteiger partial charge on any atom is 0.407 e. The minimum atomic E-state index is -0.690. The van der Waals surface area contributed by atoms with Crippen LogP contribution in [0.4, 0.5) is 4.79 Å². The summed E-state index contributed by atoms with van der Waals surface area (Å²) in [6.45, 7) is 10.4. The van der Waals surface area contributed by atoms with Gasteiger partial charge in [-0.25, -0.2) is 14.8 Å². The Hall–Kier alpha value is -4.04. The molecule has 12 nitrogen and oxygen atoms in total. The molecule has 0 aliphatic carbocycles. The minimum absolute atomic E-state index is 0. The molecule has 4 heterocycles. The lowest BCUT2D eigenvalue weighted by Gasteiger charge is -2.30. The van der Waals surface area contributed by atoms with E-state index in [4.69, 9.17) is 9.72 Å². The molecule has 55 heavy (non-hydrogen) atoms. The highest BCUT2D eigenvalue weighted by molar-refractivity contribution is 7.59. The number of methoxy groups -OCH3 is 1. The number of hydrogen-bond donors (Lipinski definition) is 3. The van der Waals surface area contributed by atoms with Crippen LogP contribution in [-0.4, -0.2) is 79.7 Å². The number of carbonyl (C=O) groups excluding carboxylic acids is 4. The second-order valence-electron chi connectivity index (χ2n) is 14.2. The molecule has 3 amide bonds. The van der Waals surface area contributed by atoms with Gasteiger partial charge in [-0.1, -0.05) is 58.6 Å².